The highest BCUT2D eigenvalue weighted by Crippen LogP contribution is 2.18. The van der Waals surface area contributed by atoms with Crippen LogP contribution in [0.3, 0.4) is 0 Å². The summed E-state index contributed by atoms with van der Waals surface area (Å²) in [5.41, 5.74) is 0. The minimum absolute atomic E-state index is 0.0802. The number of hydrogen-bond acceptors (Lipinski definition) is 6. The summed E-state index contributed by atoms with van der Waals surface area (Å²) in [4.78, 5) is 38.5. The van der Waals surface area contributed by atoms with E-state index in [1.807, 2.05) is 0 Å². The van der Waals surface area contributed by atoms with Crippen molar-refractivity contribution < 1.29 is 28.6 Å². The first-order valence-electron chi connectivity index (χ1n) is 35.6. The van der Waals surface area contributed by atoms with Crippen LogP contribution in [-0.4, -0.2) is 37.2 Å². The molecule has 1 atom stereocenters. The van der Waals surface area contributed by atoms with Crippen molar-refractivity contribution in [3.8, 4) is 0 Å². The summed E-state index contributed by atoms with van der Waals surface area (Å²) in [6.45, 7) is 6.56. The van der Waals surface area contributed by atoms with Crippen LogP contribution in [0.15, 0.2) is 85.1 Å². The molecule has 0 N–H and O–H groups in total. The number of rotatable bonds is 65. The molecule has 0 saturated heterocycles. The molecule has 6 heteroatoms. The van der Waals surface area contributed by atoms with E-state index in [9.17, 15) is 14.4 Å². The summed E-state index contributed by atoms with van der Waals surface area (Å²) in [5.74, 6) is -0.878. The molecule has 0 aliphatic rings. The zero-order chi connectivity index (χ0) is 59.2. The fraction of sp³-hybridized carbons (Fsp3) is 0.776. The SMILES string of the molecule is CC/C=C\C/C=C\C/C=C\C/C=C\C/C=C\C/C=C\CCCCCCCCC(=O)OCC(COC(=O)CCCCCCCCC/C=C\CCCCCCCC)OC(=O)CCCCCCCCCCCCCCCCCCCCCCCC. The predicted molar refractivity (Wildman–Crippen MR) is 358 cm³/mol. The maximum Gasteiger partial charge on any atom is 0.306 e. The smallest absolute Gasteiger partial charge is 0.306 e. The fourth-order valence-electron chi connectivity index (χ4n) is 10.3. The van der Waals surface area contributed by atoms with E-state index in [1.54, 1.807) is 0 Å². The Balaban J connectivity index is 4.37. The fourth-order valence-corrected chi connectivity index (χ4v) is 10.3. The van der Waals surface area contributed by atoms with Crippen molar-refractivity contribution in [2.75, 3.05) is 13.2 Å². The van der Waals surface area contributed by atoms with Crippen LogP contribution >= 0.6 is 0 Å². The lowest BCUT2D eigenvalue weighted by Gasteiger charge is -2.18. The number of carbonyl (C=O) groups is 3. The van der Waals surface area contributed by atoms with Gasteiger partial charge in [-0.15, -0.1) is 0 Å². The summed E-state index contributed by atoms with van der Waals surface area (Å²) >= 11 is 0. The van der Waals surface area contributed by atoms with Crippen molar-refractivity contribution in [1.29, 1.82) is 0 Å². The summed E-state index contributed by atoms with van der Waals surface area (Å²) in [6, 6.07) is 0. The first-order valence-corrected chi connectivity index (χ1v) is 35.6. The molecule has 82 heavy (non-hydrogen) atoms. The van der Waals surface area contributed by atoms with E-state index >= 15 is 0 Å². The normalized spacial score (nSPS) is 12.6. The second-order valence-corrected chi connectivity index (χ2v) is 23.8. The Labute approximate surface area is 509 Å². The van der Waals surface area contributed by atoms with Crippen molar-refractivity contribution in [2.45, 2.75) is 367 Å². The van der Waals surface area contributed by atoms with Crippen LogP contribution in [0.5, 0.6) is 0 Å². The van der Waals surface area contributed by atoms with E-state index < -0.39 is 6.10 Å². The third-order valence-corrected chi connectivity index (χ3v) is 15.6. The van der Waals surface area contributed by atoms with Crippen LogP contribution in [0.2, 0.25) is 0 Å². The number of unbranched alkanes of at least 4 members (excludes halogenated alkanes) is 40. The van der Waals surface area contributed by atoms with Crippen molar-refractivity contribution >= 4 is 17.9 Å². The molecule has 0 amide bonds. The Morgan fingerprint density at radius 3 is 0.756 bits per heavy atom. The highest BCUT2D eigenvalue weighted by Gasteiger charge is 2.19. The lowest BCUT2D eigenvalue weighted by atomic mass is 10.0. The summed E-state index contributed by atoms with van der Waals surface area (Å²) in [6.07, 6.45) is 93.2. The molecule has 0 spiro atoms. The second kappa shape index (κ2) is 70.1. The van der Waals surface area contributed by atoms with Gasteiger partial charge in [-0.25, -0.2) is 0 Å². The monoisotopic (exact) mass is 1140 g/mol. The third-order valence-electron chi connectivity index (χ3n) is 15.6. The Morgan fingerprint density at radius 1 is 0.256 bits per heavy atom. The largest absolute Gasteiger partial charge is 0.462 e. The van der Waals surface area contributed by atoms with Crippen LogP contribution in [0.4, 0.5) is 0 Å². The Kier molecular flexibility index (Phi) is 67.2. The van der Waals surface area contributed by atoms with E-state index in [0.29, 0.717) is 19.3 Å². The molecule has 0 saturated carbocycles. The quantitative estimate of drug-likeness (QED) is 0.0261. The van der Waals surface area contributed by atoms with Crippen LogP contribution in [0.25, 0.3) is 0 Å². The van der Waals surface area contributed by atoms with Gasteiger partial charge in [-0.2, -0.15) is 0 Å². The van der Waals surface area contributed by atoms with Gasteiger partial charge in [-0.3, -0.25) is 14.4 Å². The average Bonchev–Trinajstić information content (AvgIpc) is 3.47. The molecule has 474 valence electrons. The summed E-state index contributed by atoms with van der Waals surface area (Å²) in [5, 5.41) is 0. The van der Waals surface area contributed by atoms with Crippen LogP contribution in [0.1, 0.15) is 361 Å². The standard InChI is InChI=1S/C76H134O6/c1-4-7-10-13-16-19-22-25-28-31-33-35-37-38-39-41-42-45-48-51-54-57-60-63-66-69-75(78)81-72-73(71-80-74(77)68-65-62-59-56-53-50-47-44-30-27-24-21-18-15-12-9-6-3)82-76(79)70-67-64-61-58-55-52-49-46-43-40-36-34-32-29-26-23-20-17-14-11-8-5-2/h7,10,16,19,25,27-28,30,33,35,38-39,42,45,73H,4-6,8-9,11-15,17-18,20-24,26,29,31-32,34,36-37,40-41,43-44,46-72H2,1-3H3/b10-7-,19-16-,28-25-,30-27-,35-33-,39-38-,45-42-. The minimum atomic E-state index is -0.785. The van der Waals surface area contributed by atoms with Gasteiger partial charge in [0.1, 0.15) is 13.2 Å². The van der Waals surface area contributed by atoms with Crippen LogP contribution in [0, 0.1) is 0 Å². The number of carbonyl (C=O) groups excluding carboxylic acids is 3. The molecule has 0 aromatic carbocycles. The van der Waals surface area contributed by atoms with E-state index in [1.165, 1.54) is 212 Å². The number of allylic oxidation sites excluding steroid dienone is 14. The number of hydrogen-bond donors (Lipinski definition) is 0. The molecule has 0 aliphatic carbocycles. The molecule has 0 aromatic rings. The van der Waals surface area contributed by atoms with E-state index in [0.717, 1.165) is 109 Å². The molecular formula is C76H134O6. The molecule has 6 nitrogen and oxygen atoms in total. The third kappa shape index (κ3) is 67.4. The molecule has 0 aromatic heterocycles. The molecule has 0 aliphatic heterocycles. The average molecular weight is 1140 g/mol. The van der Waals surface area contributed by atoms with Gasteiger partial charge in [0.05, 0.1) is 0 Å². The highest BCUT2D eigenvalue weighted by atomic mass is 16.6. The van der Waals surface area contributed by atoms with Crippen molar-refractivity contribution in [3.05, 3.63) is 85.1 Å². The lowest BCUT2D eigenvalue weighted by molar-refractivity contribution is -0.167. The van der Waals surface area contributed by atoms with E-state index in [2.05, 4.69) is 106 Å². The Morgan fingerprint density at radius 2 is 0.476 bits per heavy atom. The van der Waals surface area contributed by atoms with Gasteiger partial charge in [0.2, 0.25) is 0 Å². The molecule has 0 rings (SSSR count). The highest BCUT2D eigenvalue weighted by molar-refractivity contribution is 5.71. The number of ether oxygens (including phenoxy) is 3. The summed E-state index contributed by atoms with van der Waals surface area (Å²) < 4.78 is 17.0. The topological polar surface area (TPSA) is 78.9 Å². The molecule has 1 unspecified atom stereocenters. The molecule has 0 fully saturated rings. The van der Waals surface area contributed by atoms with Gasteiger partial charge >= 0.3 is 17.9 Å². The lowest BCUT2D eigenvalue weighted by Crippen LogP contribution is -2.30. The zero-order valence-electron chi connectivity index (χ0n) is 54.5. The van der Waals surface area contributed by atoms with Gasteiger partial charge in [0.25, 0.3) is 0 Å². The van der Waals surface area contributed by atoms with Gasteiger partial charge in [0, 0.05) is 19.3 Å². The van der Waals surface area contributed by atoms with Crippen molar-refractivity contribution in [2.24, 2.45) is 0 Å². The maximum atomic E-state index is 13.0. The molecular weight excluding hydrogens is 1010 g/mol. The maximum absolute atomic E-state index is 13.0. The zero-order valence-corrected chi connectivity index (χ0v) is 54.5. The summed E-state index contributed by atoms with van der Waals surface area (Å²) in [7, 11) is 0. The van der Waals surface area contributed by atoms with Gasteiger partial charge < -0.3 is 14.2 Å². The van der Waals surface area contributed by atoms with Gasteiger partial charge in [-0.05, 0) is 96.3 Å². The first-order chi connectivity index (χ1) is 40.5. The van der Waals surface area contributed by atoms with Crippen molar-refractivity contribution in [1.82, 2.24) is 0 Å². The first kappa shape index (κ1) is 78.6. The molecule has 0 bridgehead atoms. The van der Waals surface area contributed by atoms with Crippen LogP contribution in [-0.2, 0) is 28.6 Å². The van der Waals surface area contributed by atoms with Gasteiger partial charge in [-0.1, -0.05) is 331 Å². The Hall–Kier alpha value is -3.41. The second-order valence-electron chi connectivity index (χ2n) is 23.8. The predicted octanol–water partition coefficient (Wildman–Crippen LogP) is 24.6. The van der Waals surface area contributed by atoms with Gasteiger partial charge in [0.15, 0.2) is 6.10 Å². The van der Waals surface area contributed by atoms with Crippen molar-refractivity contribution in [3.63, 3.8) is 0 Å². The van der Waals surface area contributed by atoms with E-state index in [-0.39, 0.29) is 31.1 Å². The minimum Gasteiger partial charge on any atom is -0.462 e. The van der Waals surface area contributed by atoms with Crippen LogP contribution < -0.4 is 0 Å². The molecule has 0 heterocycles. The molecule has 0 radical (unpaired) electrons. The Bertz CT molecular complexity index is 1550. The number of esters is 3. The van der Waals surface area contributed by atoms with E-state index in [4.69, 9.17) is 14.2 Å².